The van der Waals surface area contributed by atoms with Crippen LogP contribution in [-0.4, -0.2) is 44.5 Å². The molecule has 0 unspecified atom stereocenters. The molecule has 1 aliphatic heterocycles. The molecular weight excluding hydrogens is 290 g/mol. The van der Waals surface area contributed by atoms with Crippen molar-refractivity contribution >= 4 is 17.6 Å². The summed E-state index contributed by atoms with van der Waals surface area (Å²) in [6, 6.07) is 4.73. The van der Waals surface area contributed by atoms with Gasteiger partial charge in [0, 0.05) is 25.4 Å². The van der Waals surface area contributed by atoms with Gasteiger partial charge in [-0.2, -0.15) is 0 Å². The molecule has 2 aromatic rings. The molecule has 0 bridgehead atoms. The van der Waals surface area contributed by atoms with Gasteiger partial charge in [0.1, 0.15) is 18.0 Å². The van der Waals surface area contributed by atoms with E-state index >= 15 is 0 Å². The largest absolute Gasteiger partial charge is 0.373 e. The first-order valence-electron chi connectivity index (χ1n) is 8.03. The van der Waals surface area contributed by atoms with Crippen LogP contribution in [0.5, 0.6) is 0 Å². The molecule has 1 saturated heterocycles. The molecule has 0 saturated carbocycles. The summed E-state index contributed by atoms with van der Waals surface area (Å²) in [6.07, 6.45) is 5.68. The van der Waals surface area contributed by atoms with Crippen LogP contribution in [0.1, 0.15) is 38.4 Å². The van der Waals surface area contributed by atoms with Gasteiger partial charge in [0.25, 0.3) is 0 Å². The molecule has 7 heteroatoms. The molecule has 0 spiro atoms. The van der Waals surface area contributed by atoms with Gasteiger partial charge in [-0.25, -0.2) is 19.9 Å². The molecule has 3 rings (SSSR count). The number of likely N-dealkylation sites (tertiary alicyclic amines) is 1. The van der Waals surface area contributed by atoms with Gasteiger partial charge >= 0.3 is 0 Å². The minimum atomic E-state index is 0.372. The van der Waals surface area contributed by atoms with Crippen molar-refractivity contribution in [2.75, 3.05) is 24.2 Å². The Bertz CT molecular complexity index is 658. The number of aromatic nitrogens is 4. The number of nitrogens with one attached hydrogen (secondary N) is 2. The number of nitrogens with zero attached hydrogens (tertiary/aromatic N) is 5. The zero-order valence-corrected chi connectivity index (χ0v) is 13.8. The Kier molecular flexibility index (Phi) is 4.66. The zero-order valence-electron chi connectivity index (χ0n) is 13.8. The van der Waals surface area contributed by atoms with Crippen molar-refractivity contribution in [2.45, 2.75) is 38.8 Å². The van der Waals surface area contributed by atoms with E-state index in [1.54, 1.807) is 0 Å². The average molecular weight is 313 g/mol. The minimum absolute atomic E-state index is 0.372. The van der Waals surface area contributed by atoms with E-state index in [0.29, 0.717) is 23.8 Å². The van der Waals surface area contributed by atoms with Crippen LogP contribution in [0, 0.1) is 0 Å². The molecule has 0 aliphatic carbocycles. The molecule has 7 nitrogen and oxygen atoms in total. The molecule has 1 aliphatic rings. The van der Waals surface area contributed by atoms with Crippen molar-refractivity contribution < 1.29 is 0 Å². The second-order valence-electron chi connectivity index (χ2n) is 5.96. The molecule has 1 atom stereocenters. The Balaban J connectivity index is 1.79. The van der Waals surface area contributed by atoms with Crippen LogP contribution < -0.4 is 10.6 Å². The van der Waals surface area contributed by atoms with Gasteiger partial charge in [0.2, 0.25) is 5.95 Å². The SMILES string of the molecule is CNc1cc(Nc2nccc([C@H]3CCCN3C(C)C)n2)ncn1. The van der Waals surface area contributed by atoms with Crippen molar-refractivity contribution in [1.82, 2.24) is 24.8 Å². The zero-order chi connectivity index (χ0) is 16.2. The lowest BCUT2D eigenvalue weighted by Crippen LogP contribution is -2.30. The van der Waals surface area contributed by atoms with Crippen LogP contribution >= 0.6 is 0 Å². The number of hydrogen-bond donors (Lipinski definition) is 2. The molecule has 2 N–H and O–H groups in total. The van der Waals surface area contributed by atoms with Crippen molar-refractivity contribution in [1.29, 1.82) is 0 Å². The van der Waals surface area contributed by atoms with Gasteiger partial charge in [0.15, 0.2) is 0 Å². The van der Waals surface area contributed by atoms with E-state index in [1.807, 2.05) is 25.4 Å². The highest BCUT2D eigenvalue weighted by Crippen LogP contribution is 2.32. The van der Waals surface area contributed by atoms with Gasteiger partial charge in [-0.05, 0) is 39.3 Å². The van der Waals surface area contributed by atoms with E-state index in [9.17, 15) is 0 Å². The van der Waals surface area contributed by atoms with E-state index < -0.39 is 0 Å². The Morgan fingerprint density at radius 2 is 2.04 bits per heavy atom. The van der Waals surface area contributed by atoms with E-state index in [4.69, 9.17) is 4.98 Å². The summed E-state index contributed by atoms with van der Waals surface area (Å²) in [5.74, 6) is 1.99. The third-order valence-electron chi connectivity index (χ3n) is 4.14. The number of hydrogen-bond acceptors (Lipinski definition) is 7. The Hall–Kier alpha value is -2.28. The highest BCUT2D eigenvalue weighted by atomic mass is 15.2. The van der Waals surface area contributed by atoms with Gasteiger partial charge in [0.05, 0.1) is 11.7 Å². The summed E-state index contributed by atoms with van der Waals surface area (Å²) in [6.45, 7) is 5.60. The summed E-state index contributed by atoms with van der Waals surface area (Å²) >= 11 is 0. The molecule has 0 amide bonds. The molecule has 2 aromatic heterocycles. The summed E-state index contributed by atoms with van der Waals surface area (Å²) < 4.78 is 0. The highest BCUT2D eigenvalue weighted by Gasteiger charge is 2.29. The van der Waals surface area contributed by atoms with Gasteiger partial charge in [-0.1, -0.05) is 0 Å². The van der Waals surface area contributed by atoms with Gasteiger partial charge in [-0.15, -0.1) is 0 Å². The number of rotatable bonds is 5. The number of anilines is 3. The van der Waals surface area contributed by atoms with Crippen LogP contribution in [0.3, 0.4) is 0 Å². The Labute approximate surface area is 136 Å². The predicted octanol–water partition coefficient (Wildman–Crippen LogP) is 2.60. The quantitative estimate of drug-likeness (QED) is 0.878. The first kappa shape index (κ1) is 15.6. The fraction of sp³-hybridized carbons (Fsp3) is 0.500. The molecule has 0 radical (unpaired) electrons. The van der Waals surface area contributed by atoms with Crippen LogP contribution in [0.15, 0.2) is 24.7 Å². The fourth-order valence-electron chi connectivity index (χ4n) is 3.02. The van der Waals surface area contributed by atoms with Gasteiger partial charge in [-0.3, -0.25) is 4.90 Å². The summed E-state index contributed by atoms with van der Waals surface area (Å²) in [5, 5.41) is 6.14. The lowest BCUT2D eigenvalue weighted by atomic mass is 10.1. The highest BCUT2D eigenvalue weighted by molar-refractivity contribution is 5.52. The molecule has 122 valence electrons. The molecular formula is C16H23N7. The average Bonchev–Trinajstić information content (AvgIpc) is 3.05. The van der Waals surface area contributed by atoms with Crippen molar-refractivity contribution in [3.8, 4) is 0 Å². The molecule has 1 fully saturated rings. The van der Waals surface area contributed by atoms with E-state index in [1.165, 1.54) is 12.7 Å². The fourth-order valence-corrected chi connectivity index (χ4v) is 3.02. The topological polar surface area (TPSA) is 78.9 Å². The lowest BCUT2D eigenvalue weighted by Gasteiger charge is -2.27. The summed E-state index contributed by atoms with van der Waals surface area (Å²) in [7, 11) is 1.82. The Morgan fingerprint density at radius 1 is 1.22 bits per heavy atom. The maximum atomic E-state index is 4.69. The van der Waals surface area contributed by atoms with Crippen molar-refractivity contribution in [2.24, 2.45) is 0 Å². The van der Waals surface area contributed by atoms with E-state index in [2.05, 4.69) is 44.3 Å². The third-order valence-corrected chi connectivity index (χ3v) is 4.14. The standard InChI is InChI=1S/C16H23N7/c1-11(2)23-8-4-5-13(23)12-6-7-18-16(21-12)22-15-9-14(17-3)19-10-20-15/h6-7,9-11,13H,4-5,8H2,1-3H3,(H2,17,18,19,20,21,22)/t13-/m1/s1. The first-order valence-corrected chi connectivity index (χ1v) is 8.03. The first-order chi connectivity index (χ1) is 11.2. The van der Waals surface area contributed by atoms with Crippen LogP contribution in [0.25, 0.3) is 0 Å². The second-order valence-corrected chi connectivity index (χ2v) is 5.96. The van der Waals surface area contributed by atoms with Crippen molar-refractivity contribution in [3.63, 3.8) is 0 Å². The van der Waals surface area contributed by atoms with Crippen LogP contribution in [-0.2, 0) is 0 Å². The van der Waals surface area contributed by atoms with Crippen LogP contribution in [0.4, 0.5) is 17.6 Å². The molecule has 3 heterocycles. The normalized spacial score (nSPS) is 18.3. The summed E-state index contributed by atoms with van der Waals surface area (Å²) in [4.78, 5) is 19.8. The predicted molar refractivity (Wildman–Crippen MR) is 90.7 cm³/mol. The Morgan fingerprint density at radius 3 is 2.83 bits per heavy atom. The van der Waals surface area contributed by atoms with Crippen molar-refractivity contribution in [3.05, 3.63) is 30.4 Å². The monoisotopic (exact) mass is 313 g/mol. The maximum absolute atomic E-state index is 4.69. The lowest BCUT2D eigenvalue weighted by molar-refractivity contribution is 0.202. The minimum Gasteiger partial charge on any atom is -0.373 e. The van der Waals surface area contributed by atoms with Gasteiger partial charge < -0.3 is 10.6 Å². The van der Waals surface area contributed by atoms with E-state index in [0.717, 1.165) is 24.5 Å². The van der Waals surface area contributed by atoms with E-state index in [-0.39, 0.29) is 0 Å². The smallest absolute Gasteiger partial charge is 0.228 e. The van der Waals surface area contributed by atoms with Crippen LogP contribution in [0.2, 0.25) is 0 Å². The summed E-state index contributed by atoms with van der Waals surface area (Å²) in [5.41, 5.74) is 1.07. The molecule has 23 heavy (non-hydrogen) atoms. The maximum Gasteiger partial charge on any atom is 0.228 e. The molecule has 0 aromatic carbocycles. The second kappa shape index (κ2) is 6.87. The third kappa shape index (κ3) is 3.56.